The van der Waals surface area contributed by atoms with Gasteiger partial charge in [0, 0.05) is 5.92 Å². The van der Waals surface area contributed by atoms with Crippen LogP contribution in [-0.2, 0) is 12.6 Å². The van der Waals surface area contributed by atoms with E-state index < -0.39 is 11.7 Å². The third-order valence-corrected chi connectivity index (χ3v) is 3.71. The van der Waals surface area contributed by atoms with Gasteiger partial charge in [-0.3, -0.25) is 0 Å². The fraction of sp³-hybridized carbons (Fsp3) is 0.263. The molecule has 0 spiro atoms. The maximum absolute atomic E-state index is 12.6. The molecule has 2 aromatic carbocycles. The topological polar surface area (TPSA) is 0 Å². The summed E-state index contributed by atoms with van der Waals surface area (Å²) in [4.78, 5) is 0. The molecule has 0 aliphatic heterocycles. The summed E-state index contributed by atoms with van der Waals surface area (Å²) < 4.78 is 37.9. The van der Waals surface area contributed by atoms with Crippen LogP contribution in [0.4, 0.5) is 13.2 Å². The lowest BCUT2D eigenvalue weighted by molar-refractivity contribution is -0.137. The molecule has 3 heteroatoms. The standard InChI is InChI=1S/C19H19F3/c1-3-5-14-6-8-15(9-7-14)18(4-2)16-10-12-17(13-11-16)19(20,21)22/h4,6-13,18H,2-3,5H2,1H3/t18-/m0/s1. The largest absolute Gasteiger partial charge is 0.416 e. The first-order valence-electron chi connectivity index (χ1n) is 7.34. The van der Waals surface area contributed by atoms with Crippen molar-refractivity contribution in [2.45, 2.75) is 31.9 Å². The number of benzene rings is 2. The van der Waals surface area contributed by atoms with Crippen molar-refractivity contribution in [3.63, 3.8) is 0 Å². The molecule has 22 heavy (non-hydrogen) atoms. The fourth-order valence-electron chi connectivity index (χ4n) is 2.52. The first-order chi connectivity index (χ1) is 10.5. The number of allylic oxidation sites excluding steroid dienone is 1. The maximum Gasteiger partial charge on any atom is 0.416 e. The molecule has 0 aromatic heterocycles. The van der Waals surface area contributed by atoms with Crippen LogP contribution in [0.1, 0.15) is 41.5 Å². The summed E-state index contributed by atoms with van der Waals surface area (Å²) in [6, 6.07) is 13.5. The van der Waals surface area contributed by atoms with E-state index in [1.54, 1.807) is 6.08 Å². The van der Waals surface area contributed by atoms with Crippen LogP contribution < -0.4 is 0 Å². The monoisotopic (exact) mass is 304 g/mol. The lowest BCUT2D eigenvalue weighted by Crippen LogP contribution is -2.05. The number of halogens is 3. The highest BCUT2D eigenvalue weighted by molar-refractivity contribution is 5.39. The Morgan fingerprint density at radius 1 is 0.955 bits per heavy atom. The van der Waals surface area contributed by atoms with Gasteiger partial charge in [0.1, 0.15) is 0 Å². The second kappa shape index (κ2) is 6.82. The number of hydrogen-bond donors (Lipinski definition) is 0. The van der Waals surface area contributed by atoms with E-state index in [4.69, 9.17) is 0 Å². The minimum absolute atomic E-state index is 0.0991. The molecule has 0 amide bonds. The predicted molar refractivity (Wildman–Crippen MR) is 83.9 cm³/mol. The Hall–Kier alpha value is -2.03. The smallest absolute Gasteiger partial charge is 0.166 e. The van der Waals surface area contributed by atoms with E-state index in [1.807, 2.05) is 12.1 Å². The van der Waals surface area contributed by atoms with E-state index in [-0.39, 0.29) is 5.92 Å². The van der Waals surface area contributed by atoms with Gasteiger partial charge in [0.2, 0.25) is 0 Å². The molecule has 2 aromatic rings. The van der Waals surface area contributed by atoms with Gasteiger partial charge in [-0.2, -0.15) is 13.2 Å². The zero-order valence-electron chi connectivity index (χ0n) is 12.5. The molecule has 0 saturated carbocycles. The normalized spacial score (nSPS) is 12.9. The van der Waals surface area contributed by atoms with Crippen LogP contribution in [0.2, 0.25) is 0 Å². The number of rotatable bonds is 5. The lowest BCUT2D eigenvalue weighted by atomic mass is 9.90. The Morgan fingerprint density at radius 3 is 1.86 bits per heavy atom. The summed E-state index contributed by atoms with van der Waals surface area (Å²) >= 11 is 0. The van der Waals surface area contributed by atoms with Crippen LogP contribution in [-0.4, -0.2) is 0 Å². The van der Waals surface area contributed by atoms with Crippen molar-refractivity contribution in [2.75, 3.05) is 0 Å². The average Bonchev–Trinajstić information content (AvgIpc) is 2.50. The maximum atomic E-state index is 12.6. The van der Waals surface area contributed by atoms with Crippen LogP contribution in [0.3, 0.4) is 0 Å². The summed E-state index contributed by atoms with van der Waals surface area (Å²) in [6.45, 7) is 5.95. The van der Waals surface area contributed by atoms with Gasteiger partial charge in [0.25, 0.3) is 0 Å². The molecule has 0 N–H and O–H groups in total. The highest BCUT2D eigenvalue weighted by Crippen LogP contribution is 2.32. The van der Waals surface area contributed by atoms with Crippen molar-refractivity contribution in [3.05, 3.63) is 83.4 Å². The minimum atomic E-state index is -4.30. The molecule has 0 aliphatic rings. The molecule has 0 radical (unpaired) electrons. The first-order valence-corrected chi connectivity index (χ1v) is 7.34. The van der Waals surface area contributed by atoms with Crippen LogP contribution >= 0.6 is 0 Å². The van der Waals surface area contributed by atoms with E-state index in [0.29, 0.717) is 0 Å². The summed E-state index contributed by atoms with van der Waals surface area (Å²) in [6.07, 6.45) is -0.427. The van der Waals surface area contributed by atoms with Gasteiger partial charge in [0.15, 0.2) is 0 Å². The zero-order chi connectivity index (χ0) is 16.2. The van der Waals surface area contributed by atoms with Crippen molar-refractivity contribution >= 4 is 0 Å². The molecular formula is C19H19F3. The van der Waals surface area contributed by atoms with Crippen molar-refractivity contribution in [3.8, 4) is 0 Å². The molecule has 0 heterocycles. The van der Waals surface area contributed by atoms with E-state index in [1.165, 1.54) is 17.7 Å². The molecular weight excluding hydrogens is 285 g/mol. The zero-order valence-corrected chi connectivity index (χ0v) is 12.5. The van der Waals surface area contributed by atoms with Gasteiger partial charge in [-0.1, -0.05) is 55.8 Å². The first kappa shape index (κ1) is 16.3. The third kappa shape index (κ3) is 3.79. The van der Waals surface area contributed by atoms with Crippen molar-refractivity contribution in [1.29, 1.82) is 0 Å². The van der Waals surface area contributed by atoms with E-state index >= 15 is 0 Å². The molecule has 0 saturated heterocycles. The third-order valence-electron chi connectivity index (χ3n) is 3.71. The average molecular weight is 304 g/mol. The SMILES string of the molecule is C=C[C@@H](c1ccc(CCC)cc1)c1ccc(C(F)(F)F)cc1. The molecule has 0 unspecified atom stereocenters. The van der Waals surface area contributed by atoms with Gasteiger partial charge in [-0.25, -0.2) is 0 Å². The van der Waals surface area contributed by atoms with Crippen LogP contribution in [0.5, 0.6) is 0 Å². The Bertz CT molecular complexity index is 607. The van der Waals surface area contributed by atoms with Crippen molar-refractivity contribution < 1.29 is 13.2 Å². The van der Waals surface area contributed by atoms with E-state index in [0.717, 1.165) is 36.1 Å². The molecule has 0 aliphatic carbocycles. The second-order valence-corrected chi connectivity index (χ2v) is 5.32. The Kier molecular flexibility index (Phi) is 5.07. The number of hydrogen-bond acceptors (Lipinski definition) is 0. The van der Waals surface area contributed by atoms with Crippen molar-refractivity contribution in [2.24, 2.45) is 0 Å². The van der Waals surface area contributed by atoms with Gasteiger partial charge in [-0.05, 0) is 35.2 Å². The van der Waals surface area contributed by atoms with Crippen molar-refractivity contribution in [1.82, 2.24) is 0 Å². The van der Waals surface area contributed by atoms with Crippen LogP contribution in [0.15, 0.2) is 61.2 Å². The molecule has 0 nitrogen and oxygen atoms in total. The lowest BCUT2D eigenvalue weighted by Gasteiger charge is -2.15. The highest BCUT2D eigenvalue weighted by atomic mass is 19.4. The summed E-state index contributed by atoms with van der Waals surface area (Å²) in [7, 11) is 0. The molecule has 116 valence electrons. The molecule has 0 bridgehead atoms. The number of alkyl halides is 3. The number of aryl methyl sites for hydroxylation is 1. The van der Waals surface area contributed by atoms with Gasteiger partial charge in [-0.15, -0.1) is 6.58 Å². The van der Waals surface area contributed by atoms with Gasteiger partial charge < -0.3 is 0 Å². The quantitative estimate of drug-likeness (QED) is 0.596. The molecule has 2 rings (SSSR count). The second-order valence-electron chi connectivity index (χ2n) is 5.32. The summed E-state index contributed by atoms with van der Waals surface area (Å²) in [5.74, 6) is -0.0991. The molecule has 1 atom stereocenters. The van der Waals surface area contributed by atoms with Crippen LogP contribution in [0, 0.1) is 0 Å². The molecule has 0 fully saturated rings. The Labute approximate surface area is 129 Å². The highest BCUT2D eigenvalue weighted by Gasteiger charge is 2.30. The van der Waals surface area contributed by atoms with Crippen LogP contribution in [0.25, 0.3) is 0 Å². The minimum Gasteiger partial charge on any atom is -0.166 e. The van der Waals surface area contributed by atoms with Gasteiger partial charge in [0.05, 0.1) is 5.56 Å². The van der Waals surface area contributed by atoms with E-state index in [9.17, 15) is 13.2 Å². The summed E-state index contributed by atoms with van der Waals surface area (Å²) in [5.41, 5.74) is 2.49. The van der Waals surface area contributed by atoms with Gasteiger partial charge >= 0.3 is 6.18 Å². The predicted octanol–water partition coefficient (Wildman–Crippen LogP) is 5.98. The Balaban J connectivity index is 2.26. The fourth-order valence-corrected chi connectivity index (χ4v) is 2.52. The summed E-state index contributed by atoms with van der Waals surface area (Å²) in [5, 5.41) is 0. The Morgan fingerprint density at radius 2 is 1.45 bits per heavy atom. The van der Waals surface area contributed by atoms with E-state index in [2.05, 4.69) is 25.6 Å².